The fourth-order valence-corrected chi connectivity index (χ4v) is 2.64. The fourth-order valence-electron chi connectivity index (χ4n) is 2.64. The molecule has 0 saturated carbocycles. The van der Waals surface area contributed by atoms with Gasteiger partial charge in [0.2, 0.25) is 5.91 Å². The molecule has 2 rings (SSSR count). The van der Waals surface area contributed by atoms with Crippen molar-refractivity contribution in [1.29, 1.82) is 0 Å². The Balaban J connectivity index is 2.18. The molecule has 0 aliphatic rings. The number of hydrogen-bond donors (Lipinski definition) is 1. The lowest BCUT2D eigenvalue weighted by Gasteiger charge is -2.22. The Bertz CT molecular complexity index is 925. The summed E-state index contributed by atoms with van der Waals surface area (Å²) in [5.74, 6) is -6.05. The SMILES string of the molecule is CCCN(CC(=O)Nc1ccc(F)c(F)c1F)C(=O)c1cc(C(C)=O)cn1C. The molecule has 150 valence electrons. The van der Waals surface area contributed by atoms with E-state index >= 15 is 0 Å². The summed E-state index contributed by atoms with van der Waals surface area (Å²) in [6.07, 6.45) is 2.05. The Morgan fingerprint density at radius 2 is 1.82 bits per heavy atom. The van der Waals surface area contributed by atoms with Gasteiger partial charge in [0.25, 0.3) is 5.91 Å². The smallest absolute Gasteiger partial charge is 0.270 e. The van der Waals surface area contributed by atoms with Gasteiger partial charge >= 0.3 is 0 Å². The summed E-state index contributed by atoms with van der Waals surface area (Å²) in [6, 6.07) is 3.02. The quantitative estimate of drug-likeness (QED) is 0.578. The van der Waals surface area contributed by atoms with Crippen LogP contribution in [-0.2, 0) is 11.8 Å². The summed E-state index contributed by atoms with van der Waals surface area (Å²) in [7, 11) is 1.60. The van der Waals surface area contributed by atoms with Crippen LogP contribution in [0.1, 0.15) is 41.1 Å². The van der Waals surface area contributed by atoms with Gasteiger partial charge in [0.1, 0.15) is 12.2 Å². The molecule has 1 heterocycles. The molecule has 1 aromatic heterocycles. The van der Waals surface area contributed by atoms with Gasteiger partial charge < -0.3 is 14.8 Å². The van der Waals surface area contributed by atoms with E-state index in [-0.39, 0.29) is 18.0 Å². The third-order valence-electron chi connectivity index (χ3n) is 4.06. The second kappa shape index (κ2) is 8.73. The van der Waals surface area contributed by atoms with Crippen LogP contribution in [0.5, 0.6) is 0 Å². The number of carbonyl (C=O) groups is 3. The third-order valence-corrected chi connectivity index (χ3v) is 4.06. The molecule has 1 aromatic carbocycles. The van der Waals surface area contributed by atoms with Crippen molar-refractivity contribution < 1.29 is 27.6 Å². The highest BCUT2D eigenvalue weighted by Gasteiger charge is 2.23. The lowest BCUT2D eigenvalue weighted by molar-refractivity contribution is -0.116. The number of carbonyl (C=O) groups excluding carboxylic acids is 3. The van der Waals surface area contributed by atoms with E-state index in [0.29, 0.717) is 18.1 Å². The van der Waals surface area contributed by atoms with E-state index in [0.717, 1.165) is 6.07 Å². The van der Waals surface area contributed by atoms with Gasteiger partial charge in [-0.05, 0) is 31.5 Å². The third kappa shape index (κ3) is 4.59. The van der Waals surface area contributed by atoms with Gasteiger partial charge in [-0.15, -0.1) is 0 Å². The van der Waals surface area contributed by atoms with Gasteiger partial charge in [-0.3, -0.25) is 14.4 Å². The van der Waals surface area contributed by atoms with Gasteiger partial charge in [0.15, 0.2) is 23.2 Å². The number of Topliss-reactive ketones (excluding diaryl/α,β-unsaturated/α-hetero) is 1. The molecule has 28 heavy (non-hydrogen) atoms. The van der Waals surface area contributed by atoms with Crippen molar-refractivity contribution in [2.45, 2.75) is 20.3 Å². The lowest BCUT2D eigenvalue weighted by Crippen LogP contribution is -2.39. The zero-order valence-corrected chi connectivity index (χ0v) is 15.7. The van der Waals surface area contributed by atoms with Crippen LogP contribution in [-0.4, -0.2) is 40.2 Å². The predicted octanol–water partition coefficient (Wildman–Crippen LogP) is 3.14. The first-order valence-corrected chi connectivity index (χ1v) is 8.55. The van der Waals surface area contributed by atoms with Crippen molar-refractivity contribution >= 4 is 23.3 Å². The summed E-state index contributed by atoms with van der Waals surface area (Å²) in [4.78, 5) is 37.7. The standard InChI is InChI=1S/C19H20F3N3O3/c1-4-7-25(19(28)15-8-12(11(2)26)9-24(15)3)10-16(27)23-14-6-5-13(20)17(21)18(14)22/h5-6,8-9H,4,7,10H2,1-3H3,(H,23,27). The van der Waals surface area contributed by atoms with Gasteiger partial charge in [-0.25, -0.2) is 13.2 Å². The summed E-state index contributed by atoms with van der Waals surface area (Å²) < 4.78 is 41.5. The number of anilines is 1. The van der Waals surface area contributed by atoms with E-state index in [9.17, 15) is 27.6 Å². The number of ketones is 1. The predicted molar refractivity (Wildman–Crippen MR) is 96.6 cm³/mol. The number of halogens is 3. The number of amides is 2. The minimum absolute atomic E-state index is 0.205. The number of nitrogens with one attached hydrogen (secondary N) is 1. The number of benzene rings is 1. The molecule has 0 atom stereocenters. The van der Waals surface area contributed by atoms with Crippen LogP contribution < -0.4 is 5.32 Å². The van der Waals surface area contributed by atoms with Gasteiger partial charge in [-0.2, -0.15) is 0 Å². The van der Waals surface area contributed by atoms with Gasteiger partial charge in [0, 0.05) is 25.4 Å². The Hall–Kier alpha value is -3.10. The number of nitrogens with zero attached hydrogens (tertiary/aromatic N) is 2. The largest absolute Gasteiger partial charge is 0.346 e. The van der Waals surface area contributed by atoms with Gasteiger partial charge in [0.05, 0.1) is 5.69 Å². The average molecular weight is 395 g/mol. The minimum Gasteiger partial charge on any atom is -0.346 e. The molecular formula is C19H20F3N3O3. The number of rotatable bonds is 7. The Labute approximate surface area is 159 Å². The van der Waals surface area contributed by atoms with E-state index in [1.807, 2.05) is 0 Å². The molecule has 2 aromatic rings. The van der Waals surface area contributed by atoms with Crippen LogP contribution in [0.4, 0.5) is 18.9 Å². The number of aryl methyl sites for hydroxylation is 1. The second-order valence-corrected chi connectivity index (χ2v) is 6.28. The maximum absolute atomic E-state index is 13.7. The molecule has 0 bridgehead atoms. The highest BCUT2D eigenvalue weighted by Crippen LogP contribution is 2.19. The summed E-state index contributed by atoms with van der Waals surface area (Å²) in [5.41, 5.74) is 0.0478. The van der Waals surface area contributed by atoms with Crippen molar-refractivity contribution in [2.75, 3.05) is 18.4 Å². The molecule has 0 aliphatic heterocycles. The van der Waals surface area contributed by atoms with Crippen molar-refractivity contribution in [1.82, 2.24) is 9.47 Å². The van der Waals surface area contributed by atoms with Crippen LogP contribution in [0.15, 0.2) is 24.4 Å². The Morgan fingerprint density at radius 3 is 2.39 bits per heavy atom. The first-order chi connectivity index (χ1) is 13.1. The summed E-state index contributed by atoms with van der Waals surface area (Å²) in [6.45, 7) is 2.98. The number of aromatic nitrogens is 1. The molecule has 0 aliphatic carbocycles. The summed E-state index contributed by atoms with van der Waals surface area (Å²) in [5, 5.41) is 2.14. The van der Waals surface area contributed by atoms with Crippen LogP contribution >= 0.6 is 0 Å². The maximum atomic E-state index is 13.7. The molecule has 6 nitrogen and oxygen atoms in total. The van der Waals surface area contributed by atoms with Crippen molar-refractivity contribution in [3.8, 4) is 0 Å². The monoisotopic (exact) mass is 395 g/mol. The molecule has 1 N–H and O–H groups in total. The molecule has 0 spiro atoms. The lowest BCUT2D eigenvalue weighted by atomic mass is 10.2. The van der Waals surface area contributed by atoms with Crippen molar-refractivity contribution in [3.63, 3.8) is 0 Å². The first kappa shape index (κ1) is 21.2. The fraction of sp³-hybridized carbons (Fsp3) is 0.316. The first-order valence-electron chi connectivity index (χ1n) is 8.55. The highest BCUT2D eigenvalue weighted by molar-refractivity contribution is 6.01. The molecule has 0 fully saturated rings. The topological polar surface area (TPSA) is 71.4 Å². The molecule has 9 heteroatoms. The zero-order valence-electron chi connectivity index (χ0n) is 15.7. The normalized spacial score (nSPS) is 10.6. The van der Waals surface area contributed by atoms with Gasteiger partial charge in [-0.1, -0.05) is 6.92 Å². The summed E-state index contributed by atoms with van der Waals surface area (Å²) >= 11 is 0. The van der Waals surface area contributed by atoms with Crippen molar-refractivity contribution in [2.24, 2.45) is 7.05 Å². The van der Waals surface area contributed by atoms with Crippen LogP contribution in [0.3, 0.4) is 0 Å². The van der Waals surface area contributed by atoms with E-state index in [1.165, 1.54) is 28.7 Å². The second-order valence-electron chi connectivity index (χ2n) is 6.28. The molecule has 0 unspecified atom stereocenters. The molecule has 0 saturated heterocycles. The zero-order chi connectivity index (χ0) is 21.0. The molecule has 0 radical (unpaired) electrons. The Morgan fingerprint density at radius 1 is 1.14 bits per heavy atom. The van der Waals surface area contributed by atoms with Crippen molar-refractivity contribution in [3.05, 3.63) is 53.1 Å². The van der Waals surface area contributed by atoms with E-state index in [1.54, 1.807) is 14.0 Å². The Kier molecular flexibility index (Phi) is 6.61. The maximum Gasteiger partial charge on any atom is 0.270 e. The van der Waals surface area contributed by atoms with Crippen LogP contribution in [0.2, 0.25) is 0 Å². The number of hydrogen-bond acceptors (Lipinski definition) is 3. The van der Waals surface area contributed by atoms with Crippen LogP contribution in [0.25, 0.3) is 0 Å². The van der Waals surface area contributed by atoms with E-state index in [2.05, 4.69) is 5.32 Å². The van der Waals surface area contributed by atoms with E-state index < -0.39 is 41.5 Å². The van der Waals surface area contributed by atoms with Crippen LogP contribution in [0, 0.1) is 17.5 Å². The van der Waals surface area contributed by atoms with E-state index in [4.69, 9.17) is 0 Å². The minimum atomic E-state index is -1.69. The molecule has 2 amide bonds. The average Bonchev–Trinajstić information content (AvgIpc) is 3.03. The highest BCUT2D eigenvalue weighted by atomic mass is 19.2. The molecular weight excluding hydrogens is 375 g/mol.